The minimum absolute atomic E-state index is 0.151. The number of aliphatic imine (C=N–C) groups is 1. The van der Waals surface area contributed by atoms with E-state index in [0.717, 1.165) is 38.8 Å². The zero-order chi connectivity index (χ0) is 18.5. The van der Waals surface area contributed by atoms with Gasteiger partial charge in [0.25, 0.3) is 5.56 Å². The summed E-state index contributed by atoms with van der Waals surface area (Å²) >= 11 is 0. The van der Waals surface area contributed by atoms with Gasteiger partial charge >= 0.3 is 5.69 Å². The summed E-state index contributed by atoms with van der Waals surface area (Å²) in [7, 11) is 0. The highest BCUT2D eigenvalue weighted by Crippen LogP contribution is 2.17. The van der Waals surface area contributed by atoms with Crippen LogP contribution in [-0.4, -0.2) is 65.0 Å². The number of nitrogens with one attached hydrogen (secondary N) is 2. The van der Waals surface area contributed by atoms with Crippen LogP contribution in [0.1, 0.15) is 5.56 Å². The topological polar surface area (TPSA) is 103 Å². The van der Waals surface area contributed by atoms with Gasteiger partial charge in [0.05, 0.1) is 12.2 Å². The average molecular weight is 361 g/mol. The maximum Gasteiger partial charge on any atom is 0.335 e. The number of hydrogen-bond donors (Lipinski definition) is 3. The third kappa shape index (κ3) is 3.89. The van der Waals surface area contributed by atoms with Crippen LogP contribution in [0, 0.1) is 5.82 Å². The molecule has 9 heteroatoms. The predicted octanol–water partition coefficient (Wildman–Crippen LogP) is -0.305. The largest absolute Gasteiger partial charge is 0.493 e. The molecule has 0 spiro atoms. The Labute approximate surface area is 148 Å². The van der Waals surface area contributed by atoms with Gasteiger partial charge in [-0.1, -0.05) is 12.1 Å². The molecule has 8 nitrogen and oxygen atoms in total. The number of halogens is 1. The Morgan fingerprint density at radius 2 is 1.96 bits per heavy atom. The number of para-hydroxylation sites is 1. The van der Waals surface area contributed by atoms with E-state index in [-0.39, 0.29) is 11.3 Å². The molecule has 26 heavy (non-hydrogen) atoms. The first-order valence-corrected chi connectivity index (χ1v) is 8.34. The van der Waals surface area contributed by atoms with E-state index in [1.807, 2.05) is 0 Å². The lowest BCUT2D eigenvalue weighted by Gasteiger charge is -2.26. The van der Waals surface area contributed by atoms with Crippen molar-refractivity contribution >= 4 is 6.21 Å². The third-order valence-corrected chi connectivity index (χ3v) is 4.19. The quantitative estimate of drug-likeness (QED) is 0.635. The second kappa shape index (κ2) is 8.07. The lowest BCUT2D eigenvalue weighted by molar-refractivity contribution is 0.248. The first-order chi connectivity index (χ1) is 12.6. The highest BCUT2D eigenvalue weighted by molar-refractivity contribution is 5.82. The van der Waals surface area contributed by atoms with Crippen LogP contribution in [0.3, 0.4) is 0 Å². The summed E-state index contributed by atoms with van der Waals surface area (Å²) in [6, 6.07) is 5.48. The lowest BCUT2D eigenvalue weighted by atomic mass is 10.2. The Balaban J connectivity index is 1.84. The van der Waals surface area contributed by atoms with Gasteiger partial charge in [-0.25, -0.2) is 13.8 Å². The van der Waals surface area contributed by atoms with Crippen molar-refractivity contribution in [3.05, 3.63) is 56.5 Å². The van der Waals surface area contributed by atoms with Crippen LogP contribution < -0.4 is 16.6 Å². The van der Waals surface area contributed by atoms with Gasteiger partial charge in [0.15, 0.2) is 0 Å². The molecule has 138 valence electrons. The highest BCUT2D eigenvalue weighted by atomic mass is 19.1. The van der Waals surface area contributed by atoms with Gasteiger partial charge in [0.1, 0.15) is 11.4 Å². The van der Waals surface area contributed by atoms with E-state index in [9.17, 15) is 19.1 Å². The molecule has 0 unspecified atom stereocenters. The van der Waals surface area contributed by atoms with Crippen molar-refractivity contribution in [3.63, 3.8) is 0 Å². The van der Waals surface area contributed by atoms with Crippen molar-refractivity contribution in [2.75, 3.05) is 39.3 Å². The normalized spacial score (nSPS) is 15.6. The van der Waals surface area contributed by atoms with Crippen molar-refractivity contribution in [1.29, 1.82) is 0 Å². The van der Waals surface area contributed by atoms with Gasteiger partial charge in [-0.05, 0) is 12.1 Å². The van der Waals surface area contributed by atoms with E-state index in [4.69, 9.17) is 0 Å². The molecule has 1 aliphatic heterocycles. The number of hydrogen-bond acceptors (Lipinski definition) is 6. The molecule has 1 fully saturated rings. The van der Waals surface area contributed by atoms with Gasteiger partial charge in [0.2, 0.25) is 5.88 Å². The van der Waals surface area contributed by atoms with E-state index >= 15 is 0 Å². The van der Waals surface area contributed by atoms with Crippen molar-refractivity contribution in [3.8, 4) is 11.6 Å². The summed E-state index contributed by atoms with van der Waals surface area (Å²) in [4.78, 5) is 32.5. The van der Waals surface area contributed by atoms with Crippen molar-refractivity contribution in [2.24, 2.45) is 4.99 Å². The van der Waals surface area contributed by atoms with Gasteiger partial charge in [-0.2, -0.15) is 0 Å². The van der Waals surface area contributed by atoms with Crippen LogP contribution in [0.15, 0.2) is 38.8 Å². The number of aromatic amines is 1. The van der Waals surface area contributed by atoms with Crippen LogP contribution in [-0.2, 0) is 0 Å². The molecule has 2 heterocycles. The summed E-state index contributed by atoms with van der Waals surface area (Å²) in [6.07, 6.45) is 1.22. The monoisotopic (exact) mass is 361 g/mol. The number of piperazine rings is 1. The van der Waals surface area contributed by atoms with E-state index < -0.39 is 22.9 Å². The number of nitrogens with zero attached hydrogens (tertiary/aromatic N) is 3. The summed E-state index contributed by atoms with van der Waals surface area (Å²) in [5.74, 6) is -1.34. The second-order valence-corrected chi connectivity index (χ2v) is 5.91. The van der Waals surface area contributed by atoms with Gasteiger partial charge in [-0.3, -0.25) is 19.7 Å². The molecule has 1 saturated heterocycles. The predicted molar refractivity (Wildman–Crippen MR) is 96.1 cm³/mol. The zero-order valence-corrected chi connectivity index (χ0v) is 14.1. The molecule has 1 aromatic heterocycles. The minimum Gasteiger partial charge on any atom is -0.493 e. The van der Waals surface area contributed by atoms with Crippen molar-refractivity contribution < 1.29 is 9.50 Å². The Bertz CT molecular complexity index is 915. The fourth-order valence-electron chi connectivity index (χ4n) is 2.80. The average Bonchev–Trinajstić information content (AvgIpc) is 2.63. The maximum absolute atomic E-state index is 14.0. The standard InChI is InChI=1S/C17H20FN5O3/c18-13-3-1-2-4-14(13)23-16(25)12(15(24)21-17(23)26)11-20-7-10-22-8-5-19-6-9-22/h1-4,11,19,25H,5-10H2,(H,21,24,26). The number of aromatic nitrogens is 2. The Morgan fingerprint density at radius 3 is 2.69 bits per heavy atom. The molecule has 0 aliphatic carbocycles. The van der Waals surface area contributed by atoms with Gasteiger partial charge < -0.3 is 10.4 Å². The molecule has 1 aliphatic rings. The van der Waals surface area contributed by atoms with Crippen LogP contribution in [0.25, 0.3) is 5.69 Å². The fourth-order valence-corrected chi connectivity index (χ4v) is 2.80. The molecule has 0 atom stereocenters. The maximum atomic E-state index is 14.0. The van der Waals surface area contributed by atoms with Gasteiger partial charge in [0, 0.05) is 38.9 Å². The fraction of sp³-hybridized carbons (Fsp3) is 0.353. The van der Waals surface area contributed by atoms with Crippen LogP contribution >= 0.6 is 0 Å². The molecule has 0 radical (unpaired) electrons. The molecular weight excluding hydrogens is 341 g/mol. The molecule has 2 aromatic rings. The second-order valence-electron chi connectivity index (χ2n) is 5.91. The van der Waals surface area contributed by atoms with E-state index in [2.05, 4.69) is 20.2 Å². The Kier molecular flexibility index (Phi) is 5.59. The first kappa shape index (κ1) is 18.0. The SMILES string of the molecule is O=c1[nH]c(=O)n(-c2ccccc2F)c(O)c1C=NCCN1CCNCC1. The van der Waals surface area contributed by atoms with E-state index in [0.29, 0.717) is 11.1 Å². The molecule has 0 saturated carbocycles. The number of benzene rings is 1. The van der Waals surface area contributed by atoms with Crippen LogP contribution in [0.5, 0.6) is 5.88 Å². The highest BCUT2D eigenvalue weighted by Gasteiger charge is 2.16. The van der Waals surface area contributed by atoms with Crippen LogP contribution in [0.4, 0.5) is 4.39 Å². The van der Waals surface area contributed by atoms with Crippen molar-refractivity contribution in [2.45, 2.75) is 0 Å². The number of rotatable bonds is 5. The van der Waals surface area contributed by atoms with E-state index in [1.165, 1.54) is 24.4 Å². The Hall–Kier alpha value is -2.78. The Morgan fingerprint density at radius 1 is 1.23 bits per heavy atom. The summed E-state index contributed by atoms with van der Waals surface area (Å²) < 4.78 is 14.7. The molecular formula is C17H20FN5O3. The van der Waals surface area contributed by atoms with Gasteiger partial charge in [-0.15, -0.1) is 0 Å². The molecule has 0 amide bonds. The van der Waals surface area contributed by atoms with Crippen molar-refractivity contribution in [1.82, 2.24) is 19.8 Å². The number of aromatic hydroxyl groups is 1. The summed E-state index contributed by atoms with van der Waals surface area (Å²) in [5, 5.41) is 13.6. The lowest BCUT2D eigenvalue weighted by Crippen LogP contribution is -2.44. The number of H-pyrrole nitrogens is 1. The first-order valence-electron chi connectivity index (χ1n) is 8.34. The summed E-state index contributed by atoms with van der Waals surface area (Å²) in [5.41, 5.74) is -2.03. The minimum atomic E-state index is -0.921. The molecule has 3 N–H and O–H groups in total. The summed E-state index contributed by atoms with van der Waals surface area (Å²) in [6.45, 7) is 4.89. The zero-order valence-electron chi connectivity index (χ0n) is 14.1. The van der Waals surface area contributed by atoms with E-state index in [1.54, 1.807) is 0 Å². The molecule has 0 bridgehead atoms. The third-order valence-electron chi connectivity index (χ3n) is 4.19. The smallest absolute Gasteiger partial charge is 0.335 e. The van der Waals surface area contributed by atoms with Crippen LogP contribution in [0.2, 0.25) is 0 Å². The molecule has 1 aromatic carbocycles. The molecule has 3 rings (SSSR count).